The molecule has 5 rings (SSSR count). The minimum atomic E-state index is -1.30. The van der Waals surface area contributed by atoms with Gasteiger partial charge in [0.25, 0.3) is 5.69 Å². The van der Waals surface area contributed by atoms with E-state index in [1.807, 2.05) is 53.7 Å². The number of phenolic OH excluding ortho intramolecular Hbond substituents is 1. The van der Waals surface area contributed by atoms with Gasteiger partial charge in [0.1, 0.15) is 17.2 Å². The van der Waals surface area contributed by atoms with Crippen LogP contribution in [0.5, 0.6) is 5.75 Å². The second kappa shape index (κ2) is 11.0. The number of pyridine rings is 1. The second-order valence-corrected chi connectivity index (χ2v) is 13.3. The van der Waals surface area contributed by atoms with Crippen molar-refractivity contribution in [2.75, 3.05) is 5.32 Å². The van der Waals surface area contributed by atoms with Crippen LogP contribution in [-0.4, -0.2) is 32.5 Å². The van der Waals surface area contributed by atoms with E-state index in [1.165, 1.54) is 18.2 Å². The summed E-state index contributed by atoms with van der Waals surface area (Å²) < 4.78 is 0. The van der Waals surface area contributed by atoms with Gasteiger partial charge in [-0.25, -0.2) is 4.98 Å². The van der Waals surface area contributed by atoms with Crippen molar-refractivity contribution in [3.63, 3.8) is 0 Å². The number of Topliss-reactive ketones (excluding diaryl/α,β-unsaturated/α-hetero) is 2. The summed E-state index contributed by atoms with van der Waals surface area (Å²) in [6.07, 6.45) is 0.621. The number of benzene rings is 3. The number of anilines is 1. The van der Waals surface area contributed by atoms with Gasteiger partial charge in [-0.15, -0.1) is 0 Å². The normalized spacial score (nSPS) is 15.0. The van der Waals surface area contributed by atoms with Gasteiger partial charge >= 0.3 is 0 Å². The minimum absolute atomic E-state index is 0.0103. The van der Waals surface area contributed by atoms with Crippen LogP contribution in [0, 0.1) is 10.1 Å². The molecule has 1 atom stereocenters. The lowest BCUT2D eigenvalue weighted by atomic mass is 9.78. The first kappa shape index (κ1) is 30.5. The Hall–Kier alpha value is -4.92. The van der Waals surface area contributed by atoms with Gasteiger partial charge in [-0.3, -0.25) is 24.5 Å². The predicted molar refractivity (Wildman–Crippen MR) is 169 cm³/mol. The Morgan fingerprint density at radius 2 is 1.57 bits per heavy atom. The summed E-state index contributed by atoms with van der Waals surface area (Å²) in [5, 5.41) is 26.2. The first-order valence-corrected chi connectivity index (χ1v) is 14.5. The van der Waals surface area contributed by atoms with E-state index < -0.39 is 28.1 Å². The van der Waals surface area contributed by atoms with E-state index in [9.17, 15) is 29.6 Å². The molecule has 4 aromatic rings. The van der Waals surface area contributed by atoms with Gasteiger partial charge in [-0.05, 0) is 46.1 Å². The highest BCUT2D eigenvalue weighted by molar-refractivity contribution is 6.31. The number of rotatable bonds is 6. The standard InChI is InChI=1S/C35H35N3O6/c1-34(2,3)22-17-19(18-23(32(22)41)35(4,5)6)13-16-27(39)36-25-11-7-9-20-14-15-24(37-30(20)25)29-31(40)21-10-8-12-26(38(43)44)28(21)33(29)42/h7-12,14-15,17-18,29,41H,13,16H2,1-6H3,(H,36,39). The molecular formula is C35H35N3O6. The number of carbonyl (C=O) groups excluding carboxylic acids is 3. The third kappa shape index (κ3) is 5.57. The molecule has 1 aliphatic carbocycles. The average Bonchev–Trinajstić information content (AvgIpc) is 3.20. The molecule has 0 saturated carbocycles. The molecule has 1 heterocycles. The number of ketones is 2. The van der Waals surface area contributed by atoms with Crippen LogP contribution < -0.4 is 5.32 Å². The summed E-state index contributed by atoms with van der Waals surface area (Å²) in [6.45, 7) is 12.2. The Morgan fingerprint density at radius 1 is 0.932 bits per heavy atom. The van der Waals surface area contributed by atoms with Gasteiger partial charge in [-0.1, -0.05) is 84.0 Å². The Labute approximate surface area is 255 Å². The van der Waals surface area contributed by atoms with Crippen LogP contribution in [0.15, 0.2) is 60.7 Å². The van der Waals surface area contributed by atoms with Crippen LogP contribution in [0.1, 0.15) is 97.0 Å². The SMILES string of the molecule is CC(C)(C)c1cc(CCC(=O)Nc2cccc3ccc(C4C(=O)c5cccc([N+](=O)[O-])c5C4=O)nc23)cc(C(C)(C)C)c1O. The smallest absolute Gasteiger partial charge is 0.280 e. The molecule has 0 spiro atoms. The highest BCUT2D eigenvalue weighted by Gasteiger charge is 2.44. The number of nitrogens with one attached hydrogen (secondary N) is 1. The van der Waals surface area contributed by atoms with Gasteiger partial charge < -0.3 is 10.4 Å². The number of nitrogens with zero attached hydrogens (tertiary/aromatic N) is 2. The lowest BCUT2D eigenvalue weighted by Crippen LogP contribution is -2.18. The molecule has 0 bridgehead atoms. The number of amides is 1. The fourth-order valence-electron chi connectivity index (χ4n) is 5.72. The highest BCUT2D eigenvalue weighted by atomic mass is 16.6. The Balaban J connectivity index is 1.41. The molecule has 1 aliphatic rings. The number of nitro benzene ring substituents is 1. The molecule has 9 nitrogen and oxygen atoms in total. The Morgan fingerprint density at radius 3 is 2.18 bits per heavy atom. The topological polar surface area (TPSA) is 140 Å². The van der Waals surface area contributed by atoms with Crippen LogP contribution in [0.25, 0.3) is 10.9 Å². The maximum absolute atomic E-state index is 13.3. The monoisotopic (exact) mass is 593 g/mol. The Bertz CT molecular complexity index is 1830. The summed E-state index contributed by atoms with van der Waals surface area (Å²) in [5.74, 6) is -2.47. The quantitative estimate of drug-likeness (QED) is 0.137. The van der Waals surface area contributed by atoms with Gasteiger partial charge in [0, 0.05) is 23.4 Å². The van der Waals surface area contributed by atoms with Crippen molar-refractivity contribution >= 4 is 39.8 Å². The fourth-order valence-corrected chi connectivity index (χ4v) is 5.72. The fraction of sp³-hybridized carbons (Fsp3) is 0.314. The first-order valence-electron chi connectivity index (χ1n) is 14.5. The number of fused-ring (bicyclic) bond motifs is 2. The third-order valence-corrected chi connectivity index (χ3v) is 8.01. The van der Waals surface area contributed by atoms with Crippen LogP contribution in [0.2, 0.25) is 0 Å². The maximum atomic E-state index is 13.3. The summed E-state index contributed by atoms with van der Waals surface area (Å²) in [6, 6.07) is 16.5. The van der Waals surface area contributed by atoms with Gasteiger partial charge in [0.15, 0.2) is 11.6 Å². The summed E-state index contributed by atoms with van der Waals surface area (Å²) >= 11 is 0. The first-order chi connectivity index (χ1) is 20.6. The van der Waals surface area contributed by atoms with Gasteiger partial charge in [0.05, 0.1) is 21.8 Å². The van der Waals surface area contributed by atoms with E-state index in [2.05, 4.69) is 10.3 Å². The molecule has 1 unspecified atom stereocenters. The van der Waals surface area contributed by atoms with Crippen molar-refractivity contribution in [1.82, 2.24) is 4.98 Å². The Kier molecular flexibility index (Phi) is 7.61. The van der Waals surface area contributed by atoms with Crippen LogP contribution in [-0.2, 0) is 22.0 Å². The van der Waals surface area contributed by atoms with Crippen molar-refractivity contribution in [2.45, 2.75) is 71.1 Å². The van der Waals surface area contributed by atoms with Crippen LogP contribution in [0.3, 0.4) is 0 Å². The molecule has 3 aromatic carbocycles. The molecule has 2 N–H and O–H groups in total. The molecule has 0 fully saturated rings. The molecule has 0 aliphatic heterocycles. The molecular weight excluding hydrogens is 558 g/mol. The van der Waals surface area contributed by atoms with Crippen molar-refractivity contribution in [3.8, 4) is 5.75 Å². The van der Waals surface area contributed by atoms with Crippen LogP contribution >= 0.6 is 0 Å². The highest BCUT2D eigenvalue weighted by Crippen LogP contribution is 2.41. The van der Waals surface area contributed by atoms with Gasteiger partial charge in [0.2, 0.25) is 5.91 Å². The molecule has 0 radical (unpaired) electrons. The van der Waals surface area contributed by atoms with E-state index in [-0.39, 0.29) is 45.7 Å². The van der Waals surface area contributed by atoms with E-state index in [0.717, 1.165) is 16.7 Å². The van der Waals surface area contributed by atoms with E-state index in [1.54, 1.807) is 30.3 Å². The van der Waals surface area contributed by atoms with Crippen molar-refractivity contribution in [2.24, 2.45) is 0 Å². The number of aromatic hydroxyl groups is 1. The van der Waals surface area contributed by atoms with Crippen molar-refractivity contribution < 1.29 is 24.4 Å². The second-order valence-electron chi connectivity index (χ2n) is 13.3. The molecule has 44 heavy (non-hydrogen) atoms. The van der Waals surface area contributed by atoms with E-state index in [0.29, 0.717) is 23.0 Å². The van der Waals surface area contributed by atoms with Crippen LogP contribution in [0.4, 0.5) is 11.4 Å². The number of hydrogen-bond acceptors (Lipinski definition) is 7. The summed E-state index contributed by atoms with van der Waals surface area (Å²) in [4.78, 5) is 55.2. The molecule has 1 amide bonds. The zero-order valence-corrected chi connectivity index (χ0v) is 25.6. The van der Waals surface area contributed by atoms with Crippen molar-refractivity contribution in [1.29, 1.82) is 0 Å². The number of nitro groups is 1. The lowest BCUT2D eigenvalue weighted by molar-refractivity contribution is -0.385. The van der Waals surface area contributed by atoms with E-state index >= 15 is 0 Å². The third-order valence-electron chi connectivity index (χ3n) is 8.01. The number of carbonyl (C=O) groups is 3. The molecule has 226 valence electrons. The minimum Gasteiger partial charge on any atom is -0.507 e. The zero-order chi connectivity index (χ0) is 32.1. The van der Waals surface area contributed by atoms with Crippen molar-refractivity contribution in [3.05, 3.63) is 104 Å². The largest absolute Gasteiger partial charge is 0.507 e. The summed E-state index contributed by atoms with van der Waals surface area (Å²) in [5.41, 5.74) is 2.41. The summed E-state index contributed by atoms with van der Waals surface area (Å²) in [7, 11) is 0. The number of phenols is 1. The van der Waals surface area contributed by atoms with Gasteiger partial charge in [-0.2, -0.15) is 0 Å². The molecule has 1 aromatic heterocycles. The number of aromatic nitrogens is 1. The van der Waals surface area contributed by atoms with E-state index in [4.69, 9.17) is 0 Å². The average molecular weight is 594 g/mol. The number of aryl methyl sites for hydroxylation is 1. The predicted octanol–water partition coefficient (Wildman–Crippen LogP) is 7.18. The zero-order valence-electron chi connectivity index (χ0n) is 25.6. The number of para-hydroxylation sites is 1. The molecule has 0 saturated heterocycles. The maximum Gasteiger partial charge on any atom is 0.280 e. The molecule has 9 heteroatoms. The number of hydrogen-bond donors (Lipinski definition) is 2. The lowest BCUT2D eigenvalue weighted by Gasteiger charge is -2.28.